The minimum atomic E-state index is -0.661. The standard InChI is InChI=1S/C35H36N2O5/c1-34(2,3)41-32(39)36-30-25(17-15-23-11-7-9-13-28(23)30)19-21-27(38)22-20-26-18-16-24-12-8-10-14-29(24)31(26)37-33(40)42-35(4,5)6/h7-22H,1-6H3,(H,36,39)(H,37,40). The topological polar surface area (TPSA) is 93.7 Å². The highest BCUT2D eigenvalue weighted by Crippen LogP contribution is 2.31. The number of amides is 2. The van der Waals surface area contributed by atoms with Gasteiger partial charge in [-0.1, -0.05) is 72.8 Å². The van der Waals surface area contributed by atoms with Crippen LogP contribution in [0.5, 0.6) is 0 Å². The summed E-state index contributed by atoms with van der Waals surface area (Å²) in [7, 11) is 0. The second-order valence-electron chi connectivity index (χ2n) is 11.8. The van der Waals surface area contributed by atoms with Gasteiger partial charge in [-0.15, -0.1) is 0 Å². The van der Waals surface area contributed by atoms with E-state index in [-0.39, 0.29) is 5.78 Å². The van der Waals surface area contributed by atoms with Gasteiger partial charge >= 0.3 is 12.2 Å². The number of allylic oxidation sites excluding steroid dienone is 2. The lowest BCUT2D eigenvalue weighted by Gasteiger charge is -2.21. The van der Waals surface area contributed by atoms with E-state index < -0.39 is 23.4 Å². The minimum absolute atomic E-state index is 0.275. The smallest absolute Gasteiger partial charge is 0.412 e. The fraction of sp³-hybridized carbons (Fsp3) is 0.229. The van der Waals surface area contributed by atoms with Gasteiger partial charge in [-0.2, -0.15) is 0 Å². The molecule has 4 aromatic carbocycles. The summed E-state index contributed by atoms with van der Waals surface area (Å²) in [5.74, 6) is -0.275. The van der Waals surface area contributed by atoms with Crippen LogP contribution in [0.4, 0.5) is 21.0 Å². The van der Waals surface area contributed by atoms with Gasteiger partial charge in [0, 0.05) is 10.8 Å². The Morgan fingerprint density at radius 2 is 0.952 bits per heavy atom. The Morgan fingerprint density at radius 1 is 0.571 bits per heavy atom. The molecular formula is C35H36N2O5. The van der Waals surface area contributed by atoms with Crippen LogP contribution in [0.1, 0.15) is 52.7 Å². The molecule has 4 rings (SSSR count). The number of hydrogen-bond acceptors (Lipinski definition) is 5. The molecule has 42 heavy (non-hydrogen) atoms. The first-order valence-corrected chi connectivity index (χ1v) is 13.7. The monoisotopic (exact) mass is 564 g/mol. The van der Waals surface area contributed by atoms with Crippen LogP contribution in [-0.4, -0.2) is 29.2 Å². The van der Waals surface area contributed by atoms with Crippen LogP contribution in [0.3, 0.4) is 0 Å². The summed E-state index contributed by atoms with van der Waals surface area (Å²) in [6, 6.07) is 22.9. The molecule has 0 bridgehead atoms. The SMILES string of the molecule is CC(C)(C)OC(=O)Nc1c(C=CC(=O)C=Cc2ccc3ccccc3c2NC(=O)OC(C)(C)C)ccc2ccccc12. The summed E-state index contributed by atoms with van der Waals surface area (Å²) in [4.78, 5) is 38.2. The number of hydrogen-bond donors (Lipinski definition) is 2. The molecule has 0 fully saturated rings. The number of fused-ring (bicyclic) bond motifs is 2. The molecule has 0 radical (unpaired) electrons. The number of benzene rings is 4. The summed E-state index contributed by atoms with van der Waals surface area (Å²) in [6.07, 6.45) is 5.02. The molecular weight excluding hydrogens is 528 g/mol. The van der Waals surface area contributed by atoms with Crippen LogP contribution in [0.25, 0.3) is 33.7 Å². The summed E-state index contributed by atoms with van der Waals surface area (Å²) in [5, 5.41) is 9.23. The van der Waals surface area contributed by atoms with E-state index in [1.807, 2.05) is 72.8 Å². The number of ketones is 1. The molecule has 0 saturated heterocycles. The largest absolute Gasteiger partial charge is 0.444 e. The second-order valence-corrected chi connectivity index (χ2v) is 11.8. The quantitative estimate of drug-likeness (QED) is 0.228. The number of carbonyl (C=O) groups excluding carboxylic acids is 3. The van der Waals surface area contributed by atoms with E-state index in [0.29, 0.717) is 22.5 Å². The van der Waals surface area contributed by atoms with Gasteiger partial charge in [0.25, 0.3) is 0 Å². The van der Waals surface area contributed by atoms with Gasteiger partial charge in [0.2, 0.25) is 0 Å². The van der Waals surface area contributed by atoms with Crippen molar-refractivity contribution in [2.45, 2.75) is 52.7 Å². The molecule has 0 aliphatic carbocycles. The zero-order valence-corrected chi connectivity index (χ0v) is 24.8. The Kier molecular flexibility index (Phi) is 8.81. The van der Waals surface area contributed by atoms with Crippen molar-refractivity contribution in [1.29, 1.82) is 0 Å². The molecule has 7 nitrogen and oxygen atoms in total. The summed E-state index contributed by atoms with van der Waals surface area (Å²) in [5.41, 5.74) is 1.08. The van der Waals surface area contributed by atoms with E-state index in [9.17, 15) is 14.4 Å². The van der Waals surface area contributed by atoms with Gasteiger partial charge in [0.1, 0.15) is 11.2 Å². The number of anilines is 2. The molecule has 2 amide bonds. The van der Waals surface area contributed by atoms with Gasteiger partial charge in [-0.25, -0.2) is 9.59 Å². The van der Waals surface area contributed by atoms with E-state index in [1.54, 1.807) is 53.7 Å². The highest BCUT2D eigenvalue weighted by atomic mass is 16.6. The Hall–Kier alpha value is -4.91. The van der Waals surface area contributed by atoms with Crippen LogP contribution < -0.4 is 10.6 Å². The maximum Gasteiger partial charge on any atom is 0.412 e. The number of carbonyl (C=O) groups is 3. The Bertz CT molecular complexity index is 1580. The van der Waals surface area contributed by atoms with Crippen molar-refractivity contribution in [3.63, 3.8) is 0 Å². The lowest BCUT2D eigenvalue weighted by atomic mass is 10.0. The van der Waals surface area contributed by atoms with Crippen molar-refractivity contribution < 1.29 is 23.9 Å². The van der Waals surface area contributed by atoms with Gasteiger partial charge in [-0.05, 0) is 87.7 Å². The Morgan fingerprint density at radius 3 is 1.33 bits per heavy atom. The third-order valence-electron chi connectivity index (χ3n) is 6.03. The Balaban J connectivity index is 1.62. The fourth-order valence-electron chi connectivity index (χ4n) is 4.34. The zero-order valence-electron chi connectivity index (χ0n) is 24.8. The first-order valence-electron chi connectivity index (χ1n) is 13.7. The van der Waals surface area contributed by atoms with E-state index >= 15 is 0 Å². The Labute approximate surface area is 246 Å². The minimum Gasteiger partial charge on any atom is -0.444 e. The molecule has 216 valence electrons. The molecule has 0 aliphatic heterocycles. The van der Waals surface area contributed by atoms with Crippen molar-refractivity contribution in [1.82, 2.24) is 0 Å². The van der Waals surface area contributed by atoms with Gasteiger partial charge in [0.15, 0.2) is 5.78 Å². The number of ether oxygens (including phenoxy) is 2. The molecule has 7 heteroatoms. The molecule has 0 unspecified atom stereocenters. The van der Waals surface area contributed by atoms with E-state index in [4.69, 9.17) is 9.47 Å². The molecule has 0 aliphatic rings. The predicted molar refractivity (Wildman–Crippen MR) is 171 cm³/mol. The van der Waals surface area contributed by atoms with Crippen molar-refractivity contribution in [3.8, 4) is 0 Å². The van der Waals surface area contributed by atoms with Crippen LogP contribution >= 0.6 is 0 Å². The van der Waals surface area contributed by atoms with Gasteiger partial charge < -0.3 is 9.47 Å². The van der Waals surface area contributed by atoms with Crippen molar-refractivity contribution in [2.75, 3.05) is 10.6 Å². The predicted octanol–water partition coefficient (Wildman–Crippen LogP) is 8.98. The molecule has 0 atom stereocenters. The van der Waals surface area contributed by atoms with Crippen LogP contribution in [-0.2, 0) is 14.3 Å². The molecule has 0 saturated carbocycles. The second kappa shape index (κ2) is 12.3. The first kappa shape index (κ1) is 30.1. The third kappa shape index (κ3) is 8.07. The lowest BCUT2D eigenvalue weighted by Crippen LogP contribution is -2.27. The molecule has 0 aromatic heterocycles. The van der Waals surface area contributed by atoms with Crippen LogP contribution in [0.2, 0.25) is 0 Å². The molecule has 0 spiro atoms. The van der Waals surface area contributed by atoms with E-state index in [2.05, 4.69) is 10.6 Å². The number of rotatable bonds is 6. The normalized spacial score (nSPS) is 12.1. The van der Waals surface area contributed by atoms with Gasteiger partial charge in [0.05, 0.1) is 11.4 Å². The van der Waals surface area contributed by atoms with E-state index in [0.717, 1.165) is 21.5 Å². The molecule has 4 aromatic rings. The maximum absolute atomic E-state index is 13.0. The third-order valence-corrected chi connectivity index (χ3v) is 6.03. The highest BCUT2D eigenvalue weighted by molar-refractivity contribution is 6.09. The fourth-order valence-corrected chi connectivity index (χ4v) is 4.34. The lowest BCUT2D eigenvalue weighted by molar-refractivity contribution is -0.110. The van der Waals surface area contributed by atoms with Crippen LogP contribution in [0, 0.1) is 0 Å². The van der Waals surface area contributed by atoms with Crippen molar-refractivity contribution >= 4 is 63.0 Å². The molecule has 0 heterocycles. The highest BCUT2D eigenvalue weighted by Gasteiger charge is 2.19. The van der Waals surface area contributed by atoms with Crippen molar-refractivity contribution in [2.24, 2.45) is 0 Å². The average molecular weight is 565 g/mol. The zero-order chi connectivity index (χ0) is 30.5. The number of nitrogens with one attached hydrogen (secondary N) is 2. The average Bonchev–Trinajstić information content (AvgIpc) is 2.90. The van der Waals surface area contributed by atoms with Crippen LogP contribution in [0.15, 0.2) is 84.9 Å². The van der Waals surface area contributed by atoms with Crippen molar-refractivity contribution in [3.05, 3.63) is 96.1 Å². The summed E-state index contributed by atoms with van der Waals surface area (Å²) < 4.78 is 10.9. The molecule has 2 N–H and O–H groups in total. The summed E-state index contributed by atoms with van der Waals surface area (Å²) >= 11 is 0. The van der Waals surface area contributed by atoms with Gasteiger partial charge in [-0.3, -0.25) is 15.4 Å². The maximum atomic E-state index is 13.0. The first-order chi connectivity index (χ1) is 19.8. The van der Waals surface area contributed by atoms with E-state index in [1.165, 1.54) is 12.2 Å². The summed E-state index contributed by atoms with van der Waals surface area (Å²) in [6.45, 7) is 10.8.